The summed E-state index contributed by atoms with van der Waals surface area (Å²) >= 11 is 5.21. The lowest BCUT2D eigenvalue weighted by atomic mass is 10.1. The Morgan fingerprint density at radius 1 is 1.39 bits per heavy atom. The molecule has 0 radical (unpaired) electrons. The summed E-state index contributed by atoms with van der Waals surface area (Å²) in [5.41, 5.74) is 8.64. The Labute approximate surface area is 119 Å². The zero-order valence-corrected chi connectivity index (χ0v) is 12.3. The third-order valence-electron chi connectivity index (χ3n) is 3.30. The Morgan fingerprint density at radius 2 is 2.28 bits per heavy atom. The molecule has 1 aliphatic rings. The van der Waals surface area contributed by atoms with Crippen molar-refractivity contribution < 1.29 is 4.74 Å². The number of aryl methyl sites for hydroxylation is 1. The molecular formula is C14H14BrNOS. The Balaban J connectivity index is 1.73. The van der Waals surface area contributed by atoms with E-state index in [0.717, 1.165) is 23.1 Å². The lowest BCUT2D eigenvalue weighted by Gasteiger charge is -2.09. The summed E-state index contributed by atoms with van der Waals surface area (Å²) in [5.74, 6) is 0.933. The second kappa shape index (κ2) is 5.03. The molecular weight excluding hydrogens is 310 g/mol. The Kier molecular flexibility index (Phi) is 3.41. The van der Waals surface area contributed by atoms with Crippen molar-refractivity contribution in [3.05, 3.63) is 50.1 Å². The average molecular weight is 324 g/mol. The molecule has 2 aromatic rings. The Hall–Kier alpha value is -0.840. The Morgan fingerprint density at radius 3 is 3.06 bits per heavy atom. The van der Waals surface area contributed by atoms with Gasteiger partial charge in [0.05, 0.1) is 4.88 Å². The number of halogens is 1. The summed E-state index contributed by atoms with van der Waals surface area (Å²) in [6.45, 7) is 0.614. The van der Waals surface area contributed by atoms with Crippen molar-refractivity contribution in [2.75, 3.05) is 0 Å². The predicted octanol–water partition coefficient (Wildman–Crippen LogP) is 4.04. The molecule has 2 N–H and O–H groups in total. The molecule has 1 aliphatic carbocycles. The molecule has 3 rings (SSSR count). The standard InChI is InChI=1S/C14H14BrNOS/c15-12-5-6-18-14(12)8-17-10-2-3-11-9(7-10)1-4-13(11)16/h2-3,5-7,13H,1,4,8,16H2/t13-/m1/s1. The second-order valence-electron chi connectivity index (χ2n) is 4.49. The van der Waals surface area contributed by atoms with Crippen molar-refractivity contribution in [3.63, 3.8) is 0 Å². The van der Waals surface area contributed by atoms with Crippen molar-refractivity contribution in [2.24, 2.45) is 5.73 Å². The van der Waals surface area contributed by atoms with Crippen LogP contribution in [0.5, 0.6) is 5.75 Å². The first-order valence-corrected chi connectivity index (χ1v) is 7.64. The van der Waals surface area contributed by atoms with E-state index in [-0.39, 0.29) is 6.04 Å². The minimum Gasteiger partial charge on any atom is -0.488 e. The molecule has 0 bridgehead atoms. The van der Waals surface area contributed by atoms with Crippen molar-refractivity contribution >= 4 is 27.3 Å². The topological polar surface area (TPSA) is 35.2 Å². The van der Waals surface area contributed by atoms with Gasteiger partial charge in [-0.15, -0.1) is 11.3 Å². The molecule has 0 aliphatic heterocycles. The SMILES string of the molecule is N[C@@H]1CCc2cc(OCc3sccc3Br)ccc21. The Bertz CT molecular complexity index is 567. The molecule has 1 aromatic carbocycles. The first-order valence-electron chi connectivity index (χ1n) is 5.97. The average Bonchev–Trinajstić information content (AvgIpc) is 2.94. The highest BCUT2D eigenvalue weighted by molar-refractivity contribution is 9.10. The van der Waals surface area contributed by atoms with E-state index in [2.05, 4.69) is 33.4 Å². The van der Waals surface area contributed by atoms with Crippen molar-refractivity contribution in [2.45, 2.75) is 25.5 Å². The third kappa shape index (κ3) is 2.32. The number of rotatable bonds is 3. The van der Waals surface area contributed by atoms with Crippen LogP contribution in [0.1, 0.15) is 28.5 Å². The summed E-state index contributed by atoms with van der Waals surface area (Å²) in [6.07, 6.45) is 2.12. The number of hydrogen-bond acceptors (Lipinski definition) is 3. The minimum atomic E-state index is 0.209. The van der Waals surface area contributed by atoms with E-state index < -0.39 is 0 Å². The van der Waals surface area contributed by atoms with Crippen LogP contribution in [0.3, 0.4) is 0 Å². The van der Waals surface area contributed by atoms with Crippen molar-refractivity contribution in [1.82, 2.24) is 0 Å². The van der Waals surface area contributed by atoms with Crippen molar-refractivity contribution in [3.8, 4) is 5.75 Å². The van der Waals surface area contributed by atoms with Gasteiger partial charge in [-0.05, 0) is 63.5 Å². The highest BCUT2D eigenvalue weighted by atomic mass is 79.9. The van der Waals surface area contributed by atoms with Crippen LogP contribution in [0.15, 0.2) is 34.1 Å². The molecule has 1 atom stereocenters. The number of ether oxygens (including phenoxy) is 1. The quantitative estimate of drug-likeness (QED) is 0.925. The zero-order chi connectivity index (χ0) is 12.5. The van der Waals surface area contributed by atoms with Gasteiger partial charge in [0.25, 0.3) is 0 Å². The molecule has 2 nitrogen and oxygen atoms in total. The monoisotopic (exact) mass is 323 g/mol. The van der Waals surface area contributed by atoms with E-state index in [9.17, 15) is 0 Å². The van der Waals surface area contributed by atoms with Gasteiger partial charge in [-0.25, -0.2) is 0 Å². The maximum atomic E-state index is 6.02. The van der Waals surface area contributed by atoms with Crippen LogP contribution in [-0.2, 0) is 13.0 Å². The van der Waals surface area contributed by atoms with Gasteiger partial charge in [-0.2, -0.15) is 0 Å². The fraction of sp³-hybridized carbons (Fsp3) is 0.286. The first-order chi connectivity index (χ1) is 8.74. The van der Waals surface area contributed by atoms with E-state index >= 15 is 0 Å². The minimum absolute atomic E-state index is 0.209. The van der Waals surface area contributed by atoms with Gasteiger partial charge in [0, 0.05) is 10.5 Å². The second-order valence-corrected chi connectivity index (χ2v) is 6.34. The molecule has 1 aromatic heterocycles. The maximum Gasteiger partial charge on any atom is 0.124 e. The molecule has 4 heteroatoms. The number of thiophene rings is 1. The van der Waals surface area contributed by atoms with E-state index in [0.29, 0.717) is 6.61 Å². The molecule has 0 fully saturated rings. The van der Waals surface area contributed by atoms with Crippen LogP contribution >= 0.6 is 27.3 Å². The molecule has 0 saturated heterocycles. The van der Waals surface area contributed by atoms with Crippen LogP contribution in [0.2, 0.25) is 0 Å². The number of hydrogen-bond donors (Lipinski definition) is 1. The fourth-order valence-corrected chi connectivity index (χ4v) is 3.67. The first kappa shape index (κ1) is 12.2. The summed E-state index contributed by atoms with van der Waals surface area (Å²) < 4.78 is 6.95. The summed E-state index contributed by atoms with van der Waals surface area (Å²) in [5, 5.41) is 2.06. The number of fused-ring (bicyclic) bond motifs is 1. The molecule has 94 valence electrons. The van der Waals surface area contributed by atoms with Crippen LogP contribution < -0.4 is 10.5 Å². The number of nitrogens with two attached hydrogens (primary N) is 1. The molecule has 0 spiro atoms. The molecule has 1 heterocycles. The lowest BCUT2D eigenvalue weighted by Crippen LogP contribution is -2.04. The summed E-state index contributed by atoms with van der Waals surface area (Å²) in [6, 6.07) is 8.51. The van der Waals surface area contributed by atoms with E-state index in [1.165, 1.54) is 16.0 Å². The lowest BCUT2D eigenvalue weighted by molar-refractivity contribution is 0.309. The van der Waals surface area contributed by atoms with Crippen LogP contribution in [0, 0.1) is 0 Å². The highest BCUT2D eigenvalue weighted by Crippen LogP contribution is 2.32. The van der Waals surface area contributed by atoms with Gasteiger partial charge in [0.15, 0.2) is 0 Å². The molecule has 18 heavy (non-hydrogen) atoms. The van der Waals surface area contributed by atoms with E-state index in [1.54, 1.807) is 11.3 Å². The molecule has 0 unspecified atom stereocenters. The van der Waals surface area contributed by atoms with Crippen LogP contribution in [0.4, 0.5) is 0 Å². The van der Waals surface area contributed by atoms with E-state index in [4.69, 9.17) is 10.5 Å². The smallest absolute Gasteiger partial charge is 0.124 e. The van der Waals surface area contributed by atoms with Gasteiger partial charge in [-0.1, -0.05) is 6.07 Å². The fourth-order valence-electron chi connectivity index (χ4n) is 2.29. The highest BCUT2D eigenvalue weighted by Gasteiger charge is 2.19. The number of benzene rings is 1. The van der Waals surface area contributed by atoms with Gasteiger partial charge in [0.2, 0.25) is 0 Å². The van der Waals surface area contributed by atoms with Crippen molar-refractivity contribution in [1.29, 1.82) is 0 Å². The largest absolute Gasteiger partial charge is 0.488 e. The van der Waals surface area contributed by atoms with Crippen LogP contribution in [0.25, 0.3) is 0 Å². The third-order valence-corrected chi connectivity index (χ3v) is 5.20. The van der Waals surface area contributed by atoms with Gasteiger partial charge in [-0.3, -0.25) is 0 Å². The van der Waals surface area contributed by atoms with Gasteiger partial charge >= 0.3 is 0 Å². The van der Waals surface area contributed by atoms with E-state index in [1.807, 2.05) is 12.1 Å². The van der Waals surface area contributed by atoms with Gasteiger partial charge < -0.3 is 10.5 Å². The van der Waals surface area contributed by atoms with Crippen LogP contribution in [-0.4, -0.2) is 0 Å². The maximum absolute atomic E-state index is 6.02. The summed E-state index contributed by atoms with van der Waals surface area (Å²) in [7, 11) is 0. The molecule has 0 amide bonds. The molecule has 0 saturated carbocycles. The summed E-state index contributed by atoms with van der Waals surface area (Å²) in [4.78, 5) is 1.21. The normalized spacial score (nSPS) is 17.8. The zero-order valence-electron chi connectivity index (χ0n) is 9.86. The predicted molar refractivity (Wildman–Crippen MR) is 78.0 cm³/mol. The van der Waals surface area contributed by atoms with Gasteiger partial charge in [0.1, 0.15) is 12.4 Å².